The van der Waals surface area contributed by atoms with E-state index in [-0.39, 0.29) is 6.10 Å². The molecule has 0 amide bonds. The minimum absolute atomic E-state index is 0.0285. The van der Waals surface area contributed by atoms with Crippen LogP contribution in [0.2, 0.25) is 0 Å². The fourth-order valence-corrected chi connectivity index (χ4v) is 5.31. The van der Waals surface area contributed by atoms with E-state index in [0.29, 0.717) is 23.3 Å². The molecule has 1 aromatic heterocycles. The van der Waals surface area contributed by atoms with Crippen LogP contribution in [0.4, 0.5) is 0 Å². The normalized spacial score (nSPS) is 24.4. The van der Waals surface area contributed by atoms with Gasteiger partial charge in [-0.25, -0.2) is 8.42 Å². The molecular weight excluding hydrogens is 296 g/mol. The molecule has 1 saturated heterocycles. The van der Waals surface area contributed by atoms with Crippen molar-refractivity contribution in [3.63, 3.8) is 0 Å². The Labute approximate surface area is 124 Å². The van der Waals surface area contributed by atoms with Crippen LogP contribution < -0.4 is 5.32 Å². The summed E-state index contributed by atoms with van der Waals surface area (Å²) in [6, 6.07) is 4.28. The largest absolute Gasteiger partial charge is 0.380 e. The van der Waals surface area contributed by atoms with Crippen LogP contribution in [0.1, 0.15) is 24.1 Å². The molecule has 1 unspecified atom stereocenters. The van der Waals surface area contributed by atoms with Gasteiger partial charge in [0.15, 0.2) is 0 Å². The number of sulfonamides is 1. The summed E-state index contributed by atoms with van der Waals surface area (Å²) >= 11 is 1.37. The Hall–Kier alpha value is -0.470. The first kappa shape index (κ1) is 14.5. The molecule has 0 bridgehead atoms. The van der Waals surface area contributed by atoms with Gasteiger partial charge >= 0.3 is 0 Å². The third-order valence-corrected chi connectivity index (χ3v) is 7.23. The highest BCUT2D eigenvalue weighted by atomic mass is 32.2. The summed E-state index contributed by atoms with van der Waals surface area (Å²) < 4.78 is 32.3. The number of thiophene rings is 1. The lowest BCUT2D eigenvalue weighted by atomic mass is 10.3. The molecule has 1 aliphatic carbocycles. The number of methoxy groups -OCH3 is 1. The summed E-state index contributed by atoms with van der Waals surface area (Å²) in [4.78, 5) is 1.08. The van der Waals surface area contributed by atoms with Gasteiger partial charge < -0.3 is 10.1 Å². The minimum atomic E-state index is -3.34. The van der Waals surface area contributed by atoms with E-state index in [1.165, 1.54) is 28.5 Å². The van der Waals surface area contributed by atoms with Gasteiger partial charge in [-0.15, -0.1) is 11.3 Å². The van der Waals surface area contributed by atoms with Crippen molar-refractivity contribution in [1.29, 1.82) is 0 Å². The maximum atomic E-state index is 12.5. The van der Waals surface area contributed by atoms with Crippen LogP contribution in [0.5, 0.6) is 0 Å². The Balaban J connectivity index is 1.67. The van der Waals surface area contributed by atoms with Crippen molar-refractivity contribution >= 4 is 21.4 Å². The summed E-state index contributed by atoms with van der Waals surface area (Å²) in [5.41, 5.74) is 0. The standard InChI is InChI=1S/C13H20N2O3S2/c1-18-11-6-7-15(9-11)20(16,17)13-5-4-12(19-13)8-14-10-2-3-10/h4-5,10-11,14H,2-3,6-9H2,1H3. The minimum Gasteiger partial charge on any atom is -0.380 e. The zero-order valence-electron chi connectivity index (χ0n) is 11.5. The molecule has 20 heavy (non-hydrogen) atoms. The van der Waals surface area contributed by atoms with Gasteiger partial charge in [-0.3, -0.25) is 0 Å². The van der Waals surface area contributed by atoms with Gasteiger partial charge in [-0.05, 0) is 31.4 Å². The average molecular weight is 316 g/mol. The second kappa shape index (κ2) is 5.73. The summed E-state index contributed by atoms with van der Waals surface area (Å²) in [7, 11) is -1.71. The second-order valence-corrected chi connectivity index (χ2v) is 8.72. The molecule has 7 heteroatoms. The van der Waals surface area contributed by atoms with Crippen molar-refractivity contribution in [3.05, 3.63) is 17.0 Å². The first-order chi connectivity index (χ1) is 9.59. The maximum absolute atomic E-state index is 12.5. The third-order valence-electron chi connectivity index (χ3n) is 3.81. The van der Waals surface area contributed by atoms with Gasteiger partial charge in [-0.2, -0.15) is 4.31 Å². The summed E-state index contributed by atoms with van der Waals surface area (Å²) in [6.45, 7) is 1.78. The van der Waals surface area contributed by atoms with E-state index in [1.54, 1.807) is 13.2 Å². The topological polar surface area (TPSA) is 58.6 Å². The van der Waals surface area contributed by atoms with Gasteiger partial charge in [0.2, 0.25) is 0 Å². The second-order valence-electron chi connectivity index (χ2n) is 5.39. The quantitative estimate of drug-likeness (QED) is 0.862. The smallest absolute Gasteiger partial charge is 0.252 e. The molecule has 1 atom stereocenters. The van der Waals surface area contributed by atoms with Crippen LogP contribution >= 0.6 is 11.3 Å². The fraction of sp³-hybridized carbons (Fsp3) is 0.692. The SMILES string of the molecule is COC1CCN(S(=O)(=O)c2ccc(CNC3CC3)s2)C1. The first-order valence-electron chi connectivity index (χ1n) is 6.94. The molecule has 1 aromatic rings. The molecule has 0 radical (unpaired) electrons. The highest BCUT2D eigenvalue weighted by Gasteiger charge is 2.33. The predicted molar refractivity (Wildman–Crippen MR) is 78.4 cm³/mol. The van der Waals surface area contributed by atoms with Crippen LogP contribution in [0.15, 0.2) is 16.3 Å². The Morgan fingerprint density at radius 3 is 2.85 bits per heavy atom. The number of hydrogen-bond acceptors (Lipinski definition) is 5. The number of nitrogens with one attached hydrogen (secondary N) is 1. The van der Waals surface area contributed by atoms with E-state index < -0.39 is 10.0 Å². The van der Waals surface area contributed by atoms with Crippen molar-refractivity contribution in [2.24, 2.45) is 0 Å². The fourth-order valence-electron chi connectivity index (χ4n) is 2.36. The van der Waals surface area contributed by atoms with Crippen molar-refractivity contribution in [1.82, 2.24) is 9.62 Å². The van der Waals surface area contributed by atoms with Crippen LogP contribution in [-0.2, 0) is 21.3 Å². The lowest BCUT2D eigenvalue weighted by molar-refractivity contribution is 0.115. The Morgan fingerprint density at radius 2 is 2.20 bits per heavy atom. The molecule has 1 N–H and O–H groups in total. The van der Waals surface area contributed by atoms with Crippen molar-refractivity contribution < 1.29 is 13.2 Å². The maximum Gasteiger partial charge on any atom is 0.252 e. The summed E-state index contributed by atoms with van der Waals surface area (Å²) in [6.07, 6.45) is 3.28. The number of ether oxygens (including phenoxy) is 1. The summed E-state index contributed by atoms with van der Waals surface area (Å²) in [5.74, 6) is 0. The van der Waals surface area contributed by atoms with E-state index in [9.17, 15) is 8.42 Å². The van der Waals surface area contributed by atoms with Crippen molar-refractivity contribution in [2.45, 2.75) is 42.2 Å². The van der Waals surface area contributed by atoms with Gasteiger partial charge in [0.25, 0.3) is 10.0 Å². The van der Waals surface area contributed by atoms with Crippen LogP contribution in [0.3, 0.4) is 0 Å². The predicted octanol–water partition coefficient (Wildman–Crippen LogP) is 1.41. The molecule has 2 fully saturated rings. The lowest BCUT2D eigenvalue weighted by Gasteiger charge is -2.14. The van der Waals surface area contributed by atoms with Gasteiger partial charge in [0, 0.05) is 37.7 Å². The molecule has 1 saturated carbocycles. The third kappa shape index (κ3) is 3.07. The number of rotatable bonds is 6. The monoisotopic (exact) mass is 316 g/mol. The molecule has 1 aliphatic heterocycles. The molecular formula is C13H20N2O3S2. The Morgan fingerprint density at radius 1 is 1.40 bits per heavy atom. The molecule has 0 spiro atoms. The van der Waals surface area contributed by atoms with Gasteiger partial charge in [0.1, 0.15) is 4.21 Å². The van der Waals surface area contributed by atoms with Gasteiger partial charge in [0.05, 0.1) is 6.10 Å². The van der Waals surface area contributed by atoms with Crippen molar-refractivity contribution in [3.8, 4) is 0 Å². The number of nitrogens with zero attached hydrogens (tertiary/aromatic N) is 1. The Kier molecular flexibility index (Phi) is 4.14. The van der Waals surface area contributed by atoms with Crippen molar-refractivity contribution in [2.75, 3.05) is 20.2 Å². The molecule has 112 valence electrons. The van der Waals surface area contributed by atoms with Crippen LogP contribution in [0, 0.1) is 0 Å². The van der Waals surface area contributed by atoms with Crippen LogP contribution in [0.25, 0.3) is 0 Å². The van der Waals surface area contributed by atoms with E-state index in [4.69, 9.17) is 4.74 Å². The summed E-state index contributed by atoms with van der Waals surface area (Å²) in [5, 5.41) is 3.41. The van der Waals surface area contributed by atoms with E-state index >= 15 is 0 Å². The molecule has 5 nitrogen and oxygen atoms in total. The van der Waals surface area contributed by atoms with Gasteiger partial charge in [-0.1, -0.05) is 0 Å². The lowest BCUT2D eigenvalue weighted by Crippen LogP contribution is -2.29. The molecule has 3 rings (SSSR count). The average Bonchev–Trinajstić information content (AvgIpc) is 2.96. The zero-order valence-corrected chi connectivity index (χ0v) is 13.2. The van der Waals surface area contributed by atoms with E-state index in [1.807, 2.05) is 6.07 Å². The highest BCUT2D eigenvalue weighted by molar-refractivity contribution is 7.91. The number of hydrogen-bond donors (Lipinski definition) is 1. The Bertz CT molecular complexity index is 566. The molecule has 0 aromatic carbocycles. The zero-order chi connectivity index (χ0) is 14.2. The van der Waals surface area contributed by atoms with Crippen LogP contribution in [-0.4, -0.2) is 45.1 Å². The first-order valence-corrected chi connectivity index (χ1v) is 9.20. The highest BCUT2D eigenvalue weighted by Crippen LogP contribution is 2.28. The molecule has 2 aliphatic rings. The van der Waals surface area contributed by atoms with E-state index in [0.717, 1.165) is 17.8 Å². The van der Waals surface area contributed by atoms with E-state index in [2.05, 4.69) is 5.32 Å². The molecule has 2 heterocycles.